The van der Waals surface area contributed by atoms with Crippen molar-refractivity contribution in [3.8, 4) is 5.75 Å². The number of ether oxygens (including phenoxy) is 1. The van der Waals surface area contributed by atoms with Gasteiger partial charge in [-0.3, -0.25) is 23.0 Å². The molecule has 0 saturated carbocycles. The number of carbonyl (C=O) groups excluding carboxylic acids is 1. The van der Waals surface area contributed by atoms with E-state index in [1.165, 1.54) is 24.3 Å². The van der Waals surface area contributed by atoms with Crippen molar-refractivity contribution in [2.24, 2.45) is 0 Å². The van der Waals surface area contributed by atoms with Crippen LogP contribution in [0.1, 0.15) is 83.4 Å². The van der Waals surface area contributed by atoms with E-state index in [-0.39, 0.29) is 93.0 Å². The van der Waals surface area contributed by atoms with Gasteiger partial charge in [-0.05, 0) is 130 Å². The van der Waals surface area contributed by atoms with Gasteiger partial charge in [-0.25, -0.2) is 0 Å². The molecule has 2 heterocycles. The quantitative estimate of drug-likeness (QED) is 0.0378. The number of fused-ring (bicyclic) bond motifs is 2. The zero-order valence-corrected chi connectivity index (χ0v) is 42.2. The molecule has 3 aromatic rings. The summed E-state index contributed by atoms with van der Waals surface area (Å²) in [7, 11) is -17.8. The van der Waals surface area contributed by atoms with Gasteiger partial charge in [0.1, 0.15) is 18.1 Å². The molecule has 17 nitrogen and oxygen atoms in total. The molecule has 0 unspecified atom stereocenters. The Morgan fingerprint density at radius 2 is 1.39 bits per heavy atom. The number of nitrogens with zero attached hydrogens (tertiary/aromatic N) is 2. The number of nitrogens with one attached hydrogen (secondary N) is 1. The Kier molecular flexibility index (Phi) is 18.2. The first-order valence-corrected chi connectivity index (χ1v) is 28.2. The van der Waals surface area contributed by atoms with Crippen LogP contribution in [0.3, 0.4) is 0 Å². The van der Waals surface area contributed by atoms with Crippen molar-refractivity contribution in [2.75, 3.05) is 36.0 Å². The first kappa shape index (κ1) is 57.3. The van der Waals surface area contributed by atoms with E-state index in [1.807, 2.05) is 85.7 Å². The van der Waals surface area contributed by atoms with E-state index in [1.54, 1.807) is 19.1 Å². The molecular weight excluding hydrogens is 1010 g/mol. The molecule has 3 aromatic carbocycles. The molecule has 70 heavy (non-hydrogen) atoms. The number of allylic oxidation sites excluding steroid dienone is 7. The summed E-state index contributed by atoms with van der Waals surface area (Å²) in [4.78, 5) is 13.3. The van der Waals surface area contributed by atoms with Crippen molar-refractivity contribution < 1.29 is 66.0 Å². The van der Waals surface area contributed by atoms with Gasteiger partial charge in [-0.15, -0.1) is 0 Å². The SMILES string of the molecule is C=C(C)C(=O)NCCc1ccc(OC2=C(/C=C/C3=[N+](CCCS(=O)(=O)O)c4ccc(S(=O)(=O)O)cc4C3(C)C)CCC/C2=C\C=C2\N(CCCS(=O)(=O)O)c3ccc(S(=O)(=O)O)cc3C2(C)C)cc1.[KH]. The number of benzene rings is 3. The maximum atomic E-state index is 12.2. The predicted molar refractivity (Wildman–Crippen MR) is 270 cm³/mol. The van der Waals surface area contributed by atoms with E-state index in [4.69, 9.17) is 4.74 Å². The molecule has 374 valence electrons. The standard InChI is InChI=1S/C48H57N3O14S4.K.H/c1-32(2)46(52)49-25-24-33-12-16-36(17-13-33)65-45-34(14-22-43-47(3,4)39-30-37(68(59,60)61)18-20-41(39)50(43)26-8-28-66(53,54)55)10-7-11-35(45)15-23-44-48(5,6)40-31-38(69(62,63)64)19-21-42(40)51(44)27-9-29-67(56,57)58;;/h12-23,30-31H,1,7-11,24-29H2,2-6H3,(H4-,49,52,53,54,55,56,57,58,59,60,61,62,63,64);;/p+1. The number of anilines is 1. The van der Waals surface area contributed by atoms with Gasteiger partial charge in [0.2, 0.25) is 11.6 Å². The summed E-state index contributed by atoms with van der Waals surface area (Å²) in [6.07, 6.45) is 9.89. The molecule has 1 aliphatic carbocycles. The second-order valence-corrected chi connectivity index (χ2v) is 24.3. The Morgan fingerprint density at radius 3 is 1.99 bits per heavy atom. The fourth-order valence-electron chi connectivity index (χ4n) is 8.95. The van der Waals surface area contributed by atoms with Crippen LogP contribution in [0.5, 0.6) is 5.75 Å². The van der Waals surface area contributed by atoms with Gasteiger partial charge in [0.05, 0.1) is 26.7 Å². The molecule has 0 radical (unpaired) electrons. The average molecular weight is 1070 g/mol. The molecule has 0 saturated heterocycles. The van der Waals surface area contributed by atoms with Gasteiger partial charge in [0, 0.05) is 59.6 Å². The van der Waals surface area contributed by atoms with Crippen LogP contribution >= 0.6 is 0 Å². The predicted octanol–water partition coefficient (Wildman–Crippen LogP) is 6.38. The van der Waals surface area contributed by atoms with Crippen LogP contribution in [0.25, 0.3) is 0 Å². The summed E-state index contributed by atoms with van der Waals surface area (Å²) in [5, 5.41) is 2.82. The fourth-order valence-corrected chi connectivity index (χ4v) is 10.9. The number of hydrogen-bond donors (Lipinski definition) is 5. The minimum absolute atomic E-state index is 0. The number of carbonyl (C=O) groups is 1. The molecule has 0 aromatic heterocycles. The molecule has 22 heteroatoms. The van der Waals surface area contributed by atoms with Crippen molar-refractivity contribution in [1.82, 2.24) is 5.32 Å². The molecule has 5 N–H and O–H groups in total. The second-order valence-electron chi connectivity index (χ2n) is 18.3. The van der Waals surface area contributed by atoms with Crippen LogP contribution in [0.15, 0.2) is 130 Å². The number of rotatable bonds is 19. The molecule has 0 spiro atoms. The first-order valence-electron chi connectivity index (χ1n) is 22.1. The summed E-state index contributed by atoms with van der Waals surface area (Å²) in [6, 6.07) is 15.8. The van der Waals surface area contributed by atoms with Crippen molar-refractivity contribution >= 4 is 115 Å². The van der Waals surface area contributed by atoms with E-state index < -0.39 is 62.8 Å². The minimum atomic E-state index is -4.57. The number of hydrogen-bond acceptors (Lipinski definition) is 11. The molecular formula is C48H59KN3O14S4+. The van der Waals surface area contributed by atoms with E-state index in [0.717, 1.165) is 16.7 Å². The normalized spacial score (nSPS) is 18.0. The van der Waals surface area contributed by atoms with Crippen LogP contribution in [0.4, 0.5) is 11.4 Å². The van der Waals surface area contributed by atoms with Crippen LogP contribution in [-0.2, 0) is 62.5 Å². The molecule has 0 atom stereocenters. The molecule has 0 bridgehead atoms. The van der Waals surface area contributed by atoms with Crippen molar-refractivity contribution in [2.45, 2.75) is 93.8 Å². The number of amides is 1. The third-order valence-electron chi connectivity index (χ3n) is 12.5. The van der Waals surface area contributed by atoms with Crippen LogP contribution in [0, 0.1) is 0 Å². The van der Waals surface area contributed by atoms with E-state index in [0.29, 0.717) is 83.2 Å². The van der Waals surface area contributed by atoms with E-state index in [9.17, 15) is 56.7 Å². The third-order valence-corrected chi connectivity index (χ3v) is 15.8. The van der Waals surface area contributed by atoms with E-state index >= 15 is 0 Å². The van der Waals surface area contributed by atoms with Crippen LogP contribution in [-0.4, -0.2) is 151 Å². The van der Waals surface area contributed by atoms with Gasteiger partial charge in [-0.1, -0.05) is 38.6 Å². The van der Waals surface area contributed by atoms with Crippen molar-refractivity contribution in [3.05, 3.63) is 136 Å². The van der Waals surface area contributed by atoms with Gasteiger partial charge < -0.3 is 15.0 Å². The molecule has 3 aliphatic rings. The van der Waals surface area contributed by atoms with Gasteiger partial charge in [0.25, 0.3) is 40.5 Å². The molecule has 1 amide bonds. The summed E-state index contributed by atoms with van der Waals surface area (Å²) < 4.78 is 144. The van der Waals surface area contributed by atoms with Gasteiger partial charge in [-0.2, -0.15) is 38.2 Å². The Labute approximate surface area is 453 Å². The summed E-state index contributed by atoms with van der Waals surface area (Å²) in [5.41, 5.74) is 4.77. The van der Waals surface area contributed by atoms with E-state index in [2.05, 4.69) is 11.9 Å². The van der Waals surface area contributed by atoms with Crippen LogP contribution < -0.4 is 15.0 Å². The Hall–Kier alpha value is -3.62. The fraction of sp³-hybridized carbons (Fsp3) is 0.375. The zero-order chi connectivity index (χ0) is 50.9. The van der Waals surface area contributed by atoms with Crippen molar-refractivity contribution in [1.29, 1.82) is 0 Å². The third kappa shape index (κ3) is 13.9. The second kappa shape index (κ2) is 22.2. The average Bonchev–Trinajstić information content (AvgIpc) is 3.58. The molecule has 6 rings (SSSR count). The van der Waals surface area contributed by atoms with Crippen LogP contribution in [0.2, 0.25) is 0 Å². The van der Waals surface area contributed by atoms with Gasteiger partial charge >= 0.3 is 51.4 Å². The monoisotopic (exact) mass is 1070 g/mol. The summed E-state index contributed by atoms with van der Waals surface area (Å²) >= 11 is 0. The summed E-state index contributed by atoms with van der Waals surface area (Å²) in [5.74, 6) is -0.271. The Balaban J connectivity index is 0.00000913. The molecule has 2 aliphatic heterocycles. The van der Waals surface area contributed by atoms with Gasteiger partial charge in [0.15, 0.2) is 5.71 Å². The summed E-state index contributed by atoms with van der Waals surface area (Å²) in [6.45, 7) is 13.5. The topological polar surface area (TPSA) is 262 Å². The Bertz CT molecular complexity index is 3190. The molecule has 0 fully saturated rings. The Morgan fingerprint density at radius 1 is 0.786 bits per heavy atom. The maximum absolute atomic E-state index is 12.2. The first-order chi connectivity index (χ1) is 32.0. The zero-order valence-electron chi connectivity index (χ0n) is 39.0. The van der Waals surface area contributed by atoms with Crippen molar-refractivity contribution in [3.63, 3.8) is 0 Å².